The summed E-state index contributed by atoms with van der Waals surface area (Å²) in [4.78, 5) is 27.8. The number of amides is 2. The highest BCUT2D eigenvalue weighted by molar-refractivity contribution is 7.90. The first kappa shape index (κ1) is 26.7. The van der Waals surface area contributed by atoms with Crippen molar-refractivity contribution in [1.29, 1.82) is 0 Å². The number of rotatable bonds is 6. The van der Waals surface area contributed by atoms with E-state index >= 15 is 0 Å². The summed E-state index contributed by atoms with van der Waals surface area (Å²) in [5, 5.41) is 12.4. The van der Waals surface area contributed by atoms with Crippen LogP contribution in [0, 0.1) is 5.92 Å². The second-order valence-corrected chi connectivity index (χ2v) is 11.0. The van der Waals surface area contributed by atoms with E-state index < -0.39 is 39.1 Å². The van der Waals surface area contributed by atoms with Gasteiger partial charge in [0.2, 0.25) is 5.91 Å². The van der Waals surface area contributed by atoms with E-state index in [4.69, 9.17) is 0 Å². The molecule has 0 aliphatic carbocycles. The fourth-order valence-corrected chi connectivity index (χ4v) is 4.53. The average molecular weight is 513 g/mol. The molecule has 1 aliphatic rings. The molecule has 2 amide bonds. The number of carbonyl (C=O) groups excluding carboxylic acids is 2. The van der Waals surface area contributed by atoms with E-state index in [1.807, 2.05) is 6.92 Å². The summed E-state index contributed by atoms with van der Waals surface area (Å²) in [5.41, 5.74) is -2.27. The van der Waals surface area contributed by atoms with Gasteiger partial charge in [-0.2, -0.15) is 13.2 Å². The van der Waals surface area contributed by atoms with Gasteiger partial charge in [0.1, 0.15) is 6.04 Å². The number of hydrogen-bond donors (Lipinski definition) is 2. The van der Waals surface area contributed by atoms with Crippen molar-refractivity contribution in [3.8, 4) is 0 Å². The van der Waals surface area contributed by atoms with Crippen LogP contribution < -0.4 is 5.32 Å². The number of anilines is 1. The van der Waals surface area contributed by atoms with Crippen molar-refractivity contribution in [2.75, 3.05) is 11.6 Å². The van der Waals surface area contributed by atoms with Crippen molar-refractivity contribution < 1.29 is 36.3 Å². The highest BCUT2D eigenvalue weighted by Crippen LogP contribution is 2.40. The maximum Gasteiger partial charge on any atom is 0.421 e. The molecule has 35 heavy (non-hydrogen) atoms. The first-order valence-corrected chi connectivity index (χ1v) is 12.8. The Kier molecular flexibility index (Phi) is 7.07. The van der Waals surface area contributed by atoms with E-state index in [0.717, 1.165) is 18.4 Å². The molecule has 3 unspecified atom stereocenters. The Morgan fingerprint density at radius 1 is 1.17 bits per heavy atom. The predicted molar refractivity (Wildman–Crippen MR) is 123 cm³/mol. The Bertz CT molecular complexity index is 1240. The Hall–Kier alpha value is -2.92. The van der Waals surface area contributed by atoms with Gasteiger partial charge < -0.3 is 15.3 Å². The Labute approximate surface area is 201 Å². The number of nitrogens with zero attached hydrogens (tertiary/aromatic N) is 1. The molecule has 0 saturated carbocycles. The summed E-state index contributed by atoms with van der Waals surface area (Å²) in [6.45, 7) is 4.25. The molecule has 11 heteroatoms. The largest absolute Gasteiger partial charge is 0.421 e. The van der Waals surface area contributed by atoms with E-state index in [-0.39, 0.29) is 29.0 Å². The normalized spacial score (nSPS) is 18.5. The fourth-order valence-electron chi connectivity index (χ4n) is 3.86. The number of fused-ring (bicyclic) bond motifs is 1. The van der Waals surface area contributed by atoms with Crippen molar-refractivity contribution in [1.82, 2.24) is 4.90 Å². The highest BCUT2D eigenvalue weighted by atomic mass is 32.2. The van der Waals surface area contributed by atoms with Crippen LogP contribution in [0.5, 0.6) is 0 Å². The molecule has 0 spiro atoms. The van der Waals surface area contributed by atoms with Crippen LogP contribution >= 0.6 is 0 Å². The van der Waals surface area contributed by atoms with Gasteiger partial charge in [0, 0.05) is 24.4 Å². The van der Waals surface area contributed by atoms with Crippen molar-refractivity contribution in [2.24, 2.45) is 5.92 Å². The number of aliphatic hydroxyl groups is 1. The first-order chi connectivity index (χ1) is 16.1. The molecule has 3 rings (SSSR count). The number of alkyl halides is 3. The smallest absolute Gasteiger partial charge is 0.376 e. The lowest BCUT2D eigenvalue weighted by Crippen LogP contribution is -2.39. The van der Waals surface area contributed by atoms with Gasteiger partial charge in [0.25, 0.3) is 5.91 Å². The summed E-state index contributed by atoms with van der Waals surface area (Å²) >= 11 is 0. The van der Waals surface area contributed by atoms with E-state index in [0.29, 0.717) is 24.5 Å². The standard InChI is InChI=1S/C24H27F3N2O5S/c1-5-14(2)22(31)29-13-15-12-18(35(4,33)34)10-11-19(15)20(29)21(30)28-17-8-6-16(7-9-17)23(3,32)24(25,26)27/h6-12,14,20,32H,5,13H2,1-4H3,(H,28,30). The molecule has 7 nitrogen and oxygen atoms in total. The van der Waals surface area contributed by atoms with Crippen molar-refractivity contribution in [3.63, 3.8) is 0 Å². The SMILES string of the molecule is CCC(C)C(=O)N1Cc2cc(S(C)(=O)=O)ccc2C1C(=O)Nc1ccc(C(C)(O)C(F)(F)F)cc1. The lowest BCUT2D eigenvalue weighted by atomic mass is 9.95. The topological polar surface area (TPSA) is 104 Å². The zero-order valence-corrected chi connectivity index (χ0v) is 20.5. The number of hydrogen-bond acceptors (Lipinski definition) is 5. The summed E-state index contributed by atoms with van der Waals surface area (Å²) in [6.07, 6.45) is -3.28. The summed E-state index contributed by atoms with van der Waals surface area (Å²) in [7, 11) is -3.50. The van der Waals surface area contributed by atoms with Crippen LogP contribution in [0.3, 0.4) is 0 Å². The third kappa shape index (κ3) is 5.20. The number of halogens is 3. The van der Waals surface area contributed by atoms with Gasteiger partial charge >= 0.3 is 6.18 Å². The number of carbonyl (C=O) groups is 2. The maximum absolute atomic E-state index is 13.3. The molecule has 2 N–H and O–H groups in total. The fraction of sp³-hybridized carbons (Fsp3) is 0.417. The van der Waals surface area contributed by atoms with Gasteiger partial charge in [-0.1, -0.05) is 32.0 Å². The van der Waals surface area contributed by atoms with Crippen LogP contribution in [0.2, 0.25) is 0 Å². The lowest BCUT2D eigenvalue weighted by molar-refractivity contribution is -0.258. The average Bonchev–Trinajstić information content (AvgIpc) is 3.16. The maximum atomic E-state index is 13.3. The van der Waals surface area contributed by atoms with E-state index in [9.17, 15) is 36.3 Å². The number of benzene rings is 2. The molecule has 0 radical (unpaired) electrons. The quantitative estimate of drug-likeness (QED) is 0.611. The Balaban J connectivity index is 1.93. The second kappa shape index (κ2) is 9.27. The van der Waals surface area contributed by atoms with Crippen molar-refractivity contribution >= 4 is 27.3 Å². The van der Waals surface area contributed by atoms with Gasteiger partial charge in [0.15, 0.2) is 15.4 Å². The summed E-state index contributed by atoms with van der Waals surface area (Å²) < 4.78 is 63.2. The van der Waals surface area contributed by atoms with Gasteiger partial charge in [0.05, 0.1) is 4.90 Å². The molecule has 1 aliphatic heterocycles. The van der Waals surface area contributed by atoms with Gasteiger partial charge in [-0.05, 0) is 54.3 Å². The molecule has 1 heterocycles. The highest BCUT2D eigenvalue weighted by Gasteiger charge is 2.51. The zero-order chi connectivity index (χ0) is 26.3. The number of nitrogens with one attached hydrogen (secondary N) is 1. The van der Waals surface area contributed by atoms with Crippen LogP contribution in [0.15, 0.2) is 47.4 Å². The third-order valence-corrected chi connectivity index (χ3v) is 7.43. The van der Waals surface area contributed by atoms with Crippen LogP contribution in [0.4, 0.5) is 18.9 Å². The van der Waals surface area contributed by atoms with Crippen LogP contribution in [0.1, 0.15) is 49.9 Å². The van der Waals surface area contributed by atoms with Crippen LogP contribution in [-0.4, -0.2) is 42.7 Å². The van der Waals surface area contributed by atoms with Crippen LogP contribution in [-0.2, 0) is 31.6 Å². The molecule has 0 saturated heterocycles. The molecule has 0 bridgehead atoms. The van der Waals surface area contributed by atoms with Crippen molar-refractivity contribution in [3.05, 3.63) is 59.2 Å². The second-order valence-electron chi connectivity index (χ2n) is 8.95. The van der Waals surface area contributed by atoms with Crippen molar-refractivity contribution in [2.45, 2.75) is 56.5 Å². The van der Waals surface area contributed by atoms with Crippen LogP contribution in [0.25, 0.3) is 0 Å². The zero-order valence-electron chi connectivity index (χ0n) is 19.7. The summed E-state index contributed by atoms with van der Waals surface area (Å²) in [5.74, 6) is -1.25. The van der Waals surface area contributed by atoms with Gasteiger partial charge in [-0.25, -0.2) is 8.42 Å². The minimum absolute atomic E-state index is 0.0489. The monoisotopic (exact) mass is 512 g/mol. The summed E-state index contributed by atoms with van der Waals surface area (Å²) in [6, 6.07) is 7.87. The van der Waals surface area contributed by atoms with Gasteiger partial charge in [-0.3, -0.25) is 9.59 Å². The predicted octanol–water partition coefficient (Wildman–Crippen LogP) is 3.93. The minimum atomic E-state index is -4.88. The molecule has 2 aromatic rings. The van der Waals surface area contributed by atoms with E-state index in [2.05, 4.69) is 5.32 Å². The molecule has 0 aromatic heterocycles. The Morgan fingerprint density at radius 3 is 2.29 bits per heavy atom. The lowest BCUT2D eigenvalue weighted by Gasteiger charge is -2.28. The molecule has 3 atom stereocenters. The molecule has 2 aromatic carbocycles. The molecule has 0 fully saturated rings. The van der Waals surface area contributed by atoms with E-state index in [1.54, 1.807) is 6.92 Å². The van der Waals surface area contributed by atoms with Gasteiger partial charge in [-0.15, -0.1) is 0 Å². The van der Waals surface area contributed by atoms with E-state index in [1.165, 1.54) is 35.2 Å². The molecule has 190 valence electrons. The first-order valence-electron chi connectivity index (χ1n) is 10.9. The third-order valence-electron chi connectivity index (χ3n) is 6.32. The number of sulfone groups is 1. The molecular formula is C24H27F3N2O5S. The molecular weight excluding hydrogens is 485 g/mol. The Morgan fingerprint density at radius 2 is 1.77 bits per heavy atom. The minimum Gasteiger partial charge on any atom is -0.376 e.